The maximum Gasteiger partial charge on any atom is 0.223 e. The van der Waals surface area contributed by atoms with Crippen LogP contribution in [0.2, 0.25) is 5.02 Å². The van der Waals surface area contributed by atoms with Crippen molar-refractivity contribution in [2.45, 2.75) is 24.2 Å². The van der Waals surface area contributed by atoms with Crippen LogP contribution in [0.1, 0.15) is 18.6 Å². The summed E-state index contributed by atoms with van der Waals surface area (Å²) in [5, 5.41) is 4.54. The first-order chi connectivity index (χ1) is 14.3. The van der Waals surface area contributed by atoms with Gasteiger partial charge in [-0.3, -0.25) is 4.79 Å². The van der Waals surface area contributed by atoms with Gasteiger partial charge in [0.2, 0.25) is 5.91 Å². The largest absolute Gasteiger partial charge is 0.361 e. The number of hydrogen-bond acceptors (Lipinski definition) is 5. The molecule has 3 rings (SSSR count). The highest BCUT2D eigenvalue weighted by Gasteiger charge is 2.18. The Morgan fingerprint density at radius 3 is 2.50 bits per heavy atom. The number of carbonyl (C=O) groups excluding carboxylic acids is 1. The van der Waals surface area contributed by atoms with Crippen molar-refractivity contribution < 1.29 is 17.7 Å². The van der Waals surface area contributed by atoms with Crippen molar-refractivity contribution in [2.75, 3.05) is 19.3 Å². The Balaban J connectivity index is 1.45. The Hall–Kier alpha value is -2.64. The van der Waals surface area contributed by atoms with Gasteiger partial charge in [-0.05, 0) is 30.7 Å². The number of aromatic nitrogens is 1. The summed E-state index contributed by atoms with van der Waals surface area (Å²) in [5.74, 6) is 0.301. The first-order valence-electron chi connectivity index (χ1n) is 9.58. The molecule has 30 heavy (non-hydrogen) atoms. The standard InChI is InChI=1S/C22H23ClN2O4S/c1-25(22(26)13-15-30(27,28)20-11-9-18(23)10-12-20)14-5-8-19-16-21(24-29-19)17-6-3-2-4-7-17/h2-4,6-7,9-12,16H,5,8,13-15H2,1H3. The number of aryl methyl sites for hydroxylation is 1. The van der Waals surface area contributed by atoms with Gasteiger partial charge in [-0.1, -0.05) is 47.1 Å². The number of carbonyl (C=O) groups is 1. The molecule has 0 bridgehead atoms. The molecule has 0 radical (unpaired) electrons. The zero-order chi connectivity index (χ0) is 21.6. The molecule has 6 nitrogen and oxygen atoms in total. The monoisotopic (exact) mass is 446 g/mol. The second-order valence-electron chi connectivity index (χ2n) is 6.99. The van der Waals surface area contributed by atoms with E-state index in [9.17, 15) is 13.2 Å². The number of amides is 1. The molecule has 0 spiro atoms. The Morgan fingerprint density at radius 1 is 1.10 bits per heavy atom. The van der Waals surface area contributed by atoms with E-state index in [4.69, 9.17) is 16.1 Å². The van der Waals surface area contributed by atoms with Gasteiger partial charge < -0.3 is 9.42 Å². The number of halogens is 1. The van der Waals surface area contributed by atoms with E-state index in [1.807, 2.05) is 36.4 Å². The summed E-state index contributed by atoms with van der Waals surface area (Å²) >= 11 is 5.79. The van der Waals surface area contributed by atoms with Crippen LogP contribution < -0.4 is 0 Å². The zero-order valence-electron chi connectivity index (χ0n) is 16.6. The van der Waals surface area contributed by atoms with Crippen LogP contribution >= 0.6 is 11.6 Å². The highest BCUT2D eigenvalue weighted by atomic mass is 35.5. The molecule has 8 heteroatoms. The lowest BCUT2D eigenvalue weighted by molar-refractivity contribution is -0.129. The van der Waals surface area contributed by atoms with Gasteiger partial charge in [0.15, 0.2) is 9.84 Å². The number of sulfone groups is 1. The van der Waals surface area contributed by atoms with Gasteiger partial charge in [-0.2, -0.15) is 0 Å². The van der Waals surface area contributed by atoms with E-state index in [1.54, 1.807) is 11.9 Å². The average molecular weight is 447 g/mol. The van der Waals surface area contributed by atoms with Crippen LogP contribution in [0.4, 0.5) is 0 Å². The molecule has 0 saturated carbocycles. The van der Waals surface area contributed by atoms with Gasteiger partial charge in [-0.25, -0.2) is 8.42 Å². The van der Waals surface area contributed by atoms with E-state index >= 15 is 0 Å². The molecule has 1 amide bonds. The first kappa shape index (κ1) is 22.1. The first-order valence-corrected chi connectivity index (χ1v) is 11.6. The number of hydrogen-bond donors (Lipinski definition) is 0. The van der Waals surface area contributed by atoms with Gasteiger partial charge in [0.1, 0.15) is 11.5 Å². The van der Waals surface area contributed by atoms with Crippen LogP contribution in [-0.2, 0) is 21.1 Å². The van der Waals surface area contributed by atoms with Crippen molar-refractivity contribution in [1.29, 1.82) is 0 Å². The third-order valence-electron chi connectivity index (χ3n) is 4.73. The molecule has 0 aliphatic carbocycles. The summed E-state index contributed by atoms with van der Waals surface area (Å²) in [6.07, 6.45) is 1.26. The zero-order valence-corrected chi connectivity index (χ0v) is 18.2. The van der Waals surface area contributed by atoms with E-state index in [2.05, 4.69) is 5.16 Å². The average Bonchev–Trinajstić information content (AvgIpc) is 3.22. The lowest BCUT2D eigenvalue weighted by atomic mass is 10.1. The molecule has 0 aliphatic rings. The van der Waals surface area contributed by atoms with E-state index in [1.165, 1.54) is 24.3 Å². The molecule has 0 N–H and O–H groups in total. The third-order valence-corrected chi connectivity index (χ3v) is 6.71. The van der Waals surface area contributed by atoms with Gasteiger partial charge in [0.05, 0.1) is 10.6 Å². The number of nitrogens with zero attached hydrogens (tertiary/aromatic N) is 2. The van der Waals surface area contributed by atoms with Crippen molar-refractivity contribution in [3.8, 4) is 11.3 Å². The summed E-state index contributed by atoms with van der Waals surface area (Å²) in [7, 11) is -1.85. The summed E-state index contributed by atoms with van der Waals surface area (Å²) in [6, 6.07) is 17.6. The molecular weight excluding hydrogens is 424 g/mol. The van der Waals surface area contributed by atoms with E-state index in [0.717, 1.165) is 17.0 Å². The molecule has 1 heterocycles. The number of benzene rings is 2. The minimum Gasteiger partial charge on any atom is -0.361 e. The molecule has 0 unspecified atom stereocenters. The minimum atomic E-state index is -3.52. The van der Waals surface area contributed by atoms with Gasteiger partial charge >= 0.3 is 0 Å². The molecule has 0 fully saturated rings. The number of rotatable bonds is 9. The fourth-order valence-corrected chi connectivity index (χ4v) is 4.32. The van der Waals surface area contributed by atoms with Gasteiger partial charge in [0.25, 0.3) is 0 Å². The predicted octanol–water partition coefficient (Wildman–Crippen LogP) is 4.25. The summed E-state index contributed by atoms with van der Waals surface area (Å²) < 4.78 is 30.1. The normalized spacial score (nSPS) is 11.4. The van der Waals surface area contributed by atoms with E-state index < -0.39 is 9.84 Å². The van der Waals surface area contributed by atoms with E-state index in [0.29, 0.717) is 24.4 Å². The SMILES string of the molecule is CN(CCCc1cc(-c2ccccc2)no1)C(=O)CCS(=O)(=O)c1ccc(Cl)cc1. The second kappa shape index (κ2) is 9.91. The quantitative estimate of drug-likeness (QED) is 0.490. The molecular formula is C22H23ClN2O4S. The van der Waals surface area contributed by atoms with Crippen LogP contribution in [0.15, 0.2) is 70.1 Å². The van der Waals surface area contributed by atoms with Crippen LogP contribution in [0.25, 0.3) is 11.3 Å². The van der Waals surface area contributed by atoms with Crippen LogP contribution in [0.3, 0.4) is 0 Å². The molecule has 0 atom stereocenters. The molecule has 2 aromatic carbocycles. The Kier molecular flexibility index (Phi) is 7.29. The van der Waals surface area contributed by atoms with Crippen LogP contribution in [0.5, 0.6) is 0 Å². The molecule has 158 valence electrons. The lowest BCUT2D eigenvalue weighted by Crippen LogP contribution is -2.29. The van der Waals surface area contributed by atoms with E-state index in [-0.39, 0.29) is 23.0 Å². The minimum absolute atomic E-state index is 0.0675. The maximum atomic E-state index is 12.4. The molecule has 0 aliphatic heterocycles. The van der Waals surface area contributed by atoms with Gasteiger partial charge in [0, 0.05) is 43.1 Å². The van der Waals surface area contributed by atoms with Crippen molar-refractivity contribution in [1.82, 2.24) is 10.1 Å². The Labute approximate surface area is 181 Å². The second-order valence-corrected chi connectivity index (χ2v) is 9.53. The highest BCUT2D eigenvalue weighted by Crippen LogP contribution is 2.19. The third kappa shape index (κ3) is 5.93. The van der Waals surface area contributed by atoms with Crippen LogP contribution in [0, 0.1) is 0 Å². The molecule has 3 aromatic rings. The fraction of sp³-hybridized carbons (Fsp3) is 0.273. The lowest BCUT2D eigenvalue weighted by Gasteiger charge is -2.16. The molecule has 0 saturated heterocycles. The Bertz CT molecular complexity index is 1080. The summed E-state index contributed by atoms with van der Waals surface area (Å²) in [6.45, 7) is 0.501. The predicted molar refractivity (Wildman–Crippen MR) is 116 cm³/mol. The van der Waals surface area contributed by atoms with Crippen molar-refractivity contribution in [2.24, 2.45) is 0 Å². The molecule has 1 aromatic heterocycles. The van der Waals surface area contributed by atoms with Crippen molar-refractivity contribution >= 4 is 27.3 Å². The van der Waals surface area contributed by atoms with Crippen LogP contribution in [-0.4, -0.2) is 43.7 Å². The highest BCUT2D eigenvalue weighted by molar-refractivity contribution is 7.91. The smallest absolute Gasteiger partial charge is 0.223 e. The topological polar surface area (TPSA) is 80.5 Å². The van der Waals surface area contributed by atoms with Crippen molar-refractivity contribution in [3.63, 3.8) is 0 Å². The fourth-order valence-electron chi connectivity index (χ4n) is 2.96. The summed E-state index contributed by atoms with van der Waals surface area (Å²) in [5.41, 5.74) is 1.77. The Morgan fingerprint density at radius 2 is 1.80 bits per heavy atom. The van der Waals surface area contributed by atoms with Crippen molar-refractivity contribution in [3.05, 3.63) is 71.4 Å². The maximum absolute atomic E-state index is 12.4. The summed E-state index contributed by atoms with van der Waals surface area (Å²) in [4.78, 5) is 14.0. The van der Waals surface area contributed by atoms with Gasteiger partial charge in [-0.15, -0.1) is 0 Å².